The molecule has 1 aromatic rings. The van der Waals surface area contributed by atoms with Crippen LogP contribution in [-0.2, 0) is 11.3 Å². The Morgan fingerprint density at radius 1 is 1.50 bits per heavy atom. The summed E-state index contributed by atoms with van der Waals surface area (Å²) in [6, 6.07) is 3.71. The molecule has 1 atom stereocenters. The third kappa shape index (κ3) is 4.27. The molecular formula is C13H17ClFNO2. The van der Waals surface area contributed by atoms with Crippen LogP contribution in [0, 0.1) is 11.7 Å². The van der Waals surface area contributed by atoms with Gasteiger partial charge in [-0.1, -0.05) is 31.5 Å². The predicted octanol–water partition coefficient (Wildman–Crippen LogP) is 3.07. The maximum absolute atomic E-state index is 13.5. The number of aliphatic carboxylic acids is 1. The van der Waals surface area contributed by atoms with E-state index in [0.717, 1.165) is 0 Å². The van der Waals surface area contributed by atoms with Gasteiger partial charge in [-0.3, -0.25) is 4.79 Å². The lowest BCUT2D eigenvalue weighted by molar-refractivity contribution is -0.140. The average molecular weight is 274 g/mol. The van der Waals surface area contributed by atoms with Gasteiger partial charge in [-0.05, 0) is 24.5 Å². The smallest absolute Gasteiger partial charge is 0.320 e. The van der Waals surface area contributed by atoms with Gasteiger partial charge in [-0.15, -0.1) is 0 Å². The second kappa shape index (κ2) is 6.71. The van der Waals surface area contributed by atoms with Crippen LogP contribution in [0.2, 0.25) is 5.02 Å². The number of carboxylic acids is 1. The highest BCUT2D eigenvalue weighted by Gasteiger charge is 2.19. The molecule has 0 aromatic heterocycles. The molecule has 18 heavy (non-hydrogen) atoms. The molecule has 0 saturated heterocycles. The summed E-state index contributed by atoms with van der Waals surface area (Å²) in [5.41, 5.74) is 0.300. The first-order chi connectivity index (χ1) is 8.41. The quantitative estimate of drug-likeness (QED) is 0.837. The normalized spacial score (nSPS) is 12.7. The molecule has 0 spiro atoms. The molecule has 3 nitrogen and oxygen atoms in total. The van der Waals surface area contributed by atoms with Gasteiger partial charge in [0.05, 0.1) is 0 Å². The molecule has 0 heterocycles. The van der Waals surface area contributed by atoms with Crippen molar-refractivity contribution in [3.05, 3.63) is 34.6 Å². The van der Waals surface area contributed by atoms with E-state index in [4.69, 9.17) is 16.7 Å². The van der Waals surface area contributed by atoms with Crippen molar-refractivity contribution < 1.29 is 14.3 Å². The molecule has 0 aliphatic rings. The van der Waals surface area contributed by atoms with Crippen molar-refractivity contribution in [2.75, 3.05) is 0 Å². The number of hydrogen-bond acceptors (Lipinski definition) is 2. The molecule has 2 N–H and O–H groups in total. The molecular weight excluding hydrogens is 257 g/mol. The van der Waals surface area contributed by atoms with E-state index in [0.29, 0.717) is 17.0 Å². The van der Waals surface area contributed by atoms with Crippen molar-refractivity contribution in [3.8, 4) is 0 Å². The molecule has 0 fully saturated rings. The van der Waals surface area contributed by atoms with E-state index in [2.05, 4.69) is 5.32 Å². The Kier molecular flexibility index (Phi) is 5.56. The molecule has 5 heteroatoms. The van der Waals surface area contributed by atoms with Gasteiger partial charge < -0.3 is 10.4 Å². The van der Waals surface area contributed by atoms with E-state index in [-0.39, 0.29) is 12.5 Å². The van der Waals surface area contributed by atoms with Crippen molar-refractivity contribution in [2.24, 2.45) is 5.92 Å². The zero-order valence-electron chi connectivity index (χ0n) is 10.4. The zero-order valence-corrected chi connectivity index (χ0v) is 11.2. The van der Waals surface area contributed by atoms with Gasteiger partial charge in [-0.2, -0.15) is 0 Å². The van der Waals surface area contributed by atoms with Crippen LogP contribution in [0.4, 0.5) is 4.39 Å². The van der Waals surface area contributed by atoms with Crippen molar-refractivity contribution in [1.82, 2.24) is 5.32 Å². The minimum Gasteiger partial charge on any atom is -0.480 e. The third-order valence-electron chi connectivity index (χ3n) is 2.59. The molecule has 100 valence electrons. The summed E-state index contributed by atoms with van der Waals surface area (Å²) >= 11 is 5.87. The monoisotopic (exact) mass is 273 g/mol. The maximum Gasteiger partial charge on any atom is 0.320 e. The van der Waals surface area contributed by atoms with E-state index < -0.39 is 17.8 Å². The summed E-state index contributed by atoms with van der Waals surface area (Å²) in [7, 11) is 0. The first-order valence-corrected chi connectivity index (χ1v) is 6.18. The van der Waals surface area contributed by atoms with E-state index in [1.165, 1.54) is 12.1 Å². The fourth-order valence-corrected chi connectivity index (χ4v) is 1.90. The van der Waals surface area contributed by atoms with Crippen molar-refractivity contribution in [1.29, 1.82) is 0 Å². The van der Waals surface area contributed by atoms with E-state index in [9.17, 15) is 9.18 Å². The summed E-state index contributed by atoms with van der Waals surface area (Å²) in [6.45, 7) is 3.98. The van der Waals surface area contributed by atoms with Crippen LogP contribution in [0.15, 0.2) is 18.2 Å². The summed E-state index contributed by atoms with van der Waals surface area (Å²) < 4.78 is 13.5. The van der Waals surface area contributed by atoms with Gasteiger partial charge >= 0.3 is 5.97 Å². The first-order valence-electron chi connectivity index (χ1n) is 5.81. The highest BCUT2D eigenvalue weighted by Crippen LogP contribution is 2.19. The van der Waals surface area contributed by atoms with Gasteiger partial charge in [0.25, 0.3) is 0 Å². The predicted molar refractivity (Wildman–Crippen MR) is 69.1 cm³/mol. The average Bonchev–Trinajstić information content (AvgIpc) is 2.26. The molecule has 1 aromatic carbocycles. The first kappa shape index (κ1) is 14.9. The van der Waals surface area contributed by atoms with Crippen LogP contribution in [-0.4, -0.2) is 17.1 Å². The molecule has 0 radical (unpaired) electrons. The van der Waals surface area contributed by atoms with Crippen molar-refractivity contribution in [2.45, 2.75) is 32.9 Å². The fourth-order valence-electron chi connectivity index (χ4n) is 1.67. The lowest BCUT2D eigenvalue weighted by Gasteiger charge is -2.17. The maximum atomic E-state index is 13.5. The summed E-state index contributed by atoms with van der Waals surface area (Å²) in [5, 5.41) is 12.2. The molecule has 0 aliphatic heterocycles. The number of carboxylic acid groups (broad SMARTS) is 1. The fraction of sp³-hybridized carbons (Fsp3) is 0.462. The summed E-state index contributed by atoms with van der Waals surface area (Å²) in [5.74, 6) is -1.12. The SMILES string of the molecule is CC(C)C[C@H](NCc1c(F)cccc1Cl)C(=O)O. The summed E-state index contributed by atoms with van der Waals surface area (Å²) in [6.07, 6.45) is 0.488. The van der Waals surface area contributed by atoms with Gasteiger partial charge in [0.2, 0.25) is 0 Å². The van der Waals surface area contributed by atoms with Gasteiger partial charge in [0.15, 0.2) is 0 Å². The van der Waals surface area contributed by atoms with Crippen LogP contribution in [0.25, 0.3) is 0 Å². The van der Waals surface area contributed by atoms with E-state index >= 15 is 0 Å². The van der Waals surface area contributed by atoms with E-state index in [1.54, 1.807) is 6.07 Å². The van der Waals surface area contributed by atoms with Gasteiger partial charge in [0.1, 0.15) is 11.9 Å². The number of rotatable bonds is 6. The Morgan fingerprint density at radius 2 is 2.17 bits per heavy atom. The Morgan fingerprint density at radius 3 is 2.67 bits per heavy atom. The van der Waals surface area contributed by atoms with Crippen molar-refractivity contribution in [3.63, 3.8) is 0 Å². The zero-order chi connectivity index (χ0) is 13.7. The molecule has 0 amide bonds. The Balaban J connectivity index is 2.70. The largest absolute Gasteiger partial charge is 0.480 e. The number of carbonyl (C=O) groups is 1. The highest BCUT2D eigenvalue weighted by molar-refractivity contribution is 6.31. The van der Waals surface area contributed by atoms with Gasteiger partial charge in [-0.25, -0.2) is 4.39 Å². The molecule has 0 aliphatic carbocycles. The number of nitrogens with one attached hydrogen (secondary N) is 1. The summed E-state index contributed by atoms with van der Waals surface area (Å²) in [4.78, 5) is 11.0. The number of halogens is 2. The van der Waals surface area contributed by atoms with Crippen LogP contribution >= 0.6 is 11.6 Å². The highest BCUT2D eigenvalue weighted by atomic mass is 35.5. The second-order valence-electron chi connectivity index (χ2n) is 4.60. The van der Waals surface area contributed by atoms with E-state index in [1.807, 2.05) is 13.8 Å². The Bertz CT molecular complexity index is 403. The van der Waals surface area contributed by atoms with Crippen molar-refractivity contribution >= 4 is 17.6 Å². The van der Waals surface area contributed by atoms with Crippen LogP contribution < -0.4 is 5.32 Å². The Labute approximate surface area is 111 Å². The standard InChI is InChI=1S/C13H17ClFNO2/c1-8(2)6-12(13(17)18)16-7-9-10(14)4-3-5-11(9)15/h3-5,8,12,16H,6-7H2,1-2H3,(H,17,18)/t12-/m0/s1. The lowest BCUT2D eigenvalue weighted by atomic mass is 10.0. The minimum absolute atomic E-state index is 0.106. The molecule has 0 unspecified atom stereocenters. The Hall–Kier alpha value is -1.13. The number of benzene rings is 1. The number of hydrogen-bond donors (Lipinski definition) is 2. The molecule has 0 bridgehead atoms. The van der Waals surface area contributed by atoms with Crippen LogP contribution in [0.3, 0.4) is 0 Å². The van der Waals surface area contributed by atoms with Crippen LogP contribution in [0.1, 0.15) is 25.8 Å². The lowest BCUT2D eigenvalue weighted by Crippen LogP contribution is -2.37. The minimum atomic E-state index is -0.934. The second-order valence-corrected chi connectivity index (χ2v) is 5.01. The molecule has 1 rings (SSSR count). The van der Waals surface area contributed by atoms with Crippen LogP contribution in [0.5, 0.6) is 0 Å². The topological polar surface area (TPSA) is 49.3 Å². The molecule has 0 saturated carbocycles. The third-order valence-corrected chi connectivity index (χ3v) is 2.95. The van der Waals surface area contributed by atoms with Gasteiger partial charge in [0, 0.05) is 17.1 Å².